The number of nitriles is 1. The van der Waals surface area contributed by atoms with Crippen LogP contribution < -0.4 is 0 Å². The van der Waals surface area contributed by atoms with Gasteiger partial charge in [-0.2, -0.15) is 18.0 Å². The van der Waals surface area contributed by atoms with Crippen LogP contribution in [0, 0.1) is 11.3 Å². The van der Waals surface area contributed by atoms with Crippen LogP contribution in [0.1, 0.15) is 17.5 Å². The molecule has 1 aliphatic rings. The molecule has 30 heavy (non-hydrogen) atoms. The third-order valence-electron chi connectivity index (χ3n) is 5.25. The molecule has 1 N–H and O–H groups in total. The Kier molecular flexibility index (Phi) is 7.50. The summed E-state index contributed by atoms with van der Waals surface area (Å²) in [4.78, 5) is 1.95. The number of piperazine rings is 1. The van der Waals surface area contributed by atoms with E-state index in [9.17, 15) is 13.7 Å². The molecule has 2 aromatic rings. The molecule has 1 aliphatic heterocycles. The van der Waals surface area contributed by atoms with Crippen LogP contribution in [-0.4, -0.2) is 58.4 Å². The van der Waals surface area contributed by atoms with E-state index in [4.69, 9.17) is 16.8 Å². The maximum absolute atomic E-state index is 11.2. The Labute approximate surface area is 187 Å². The average Bonchev–Trinajstić information content (AvgIpc) is 2.77. The Morgan fingerprint density at radius 1 is 1.03 bits per heavy atom. The lowest BCUT2D eigenvalue weighted by Crippen LogP contribution is -2.49. The van der Waals surface area contributed by atoms with Gasteiger partial charge in [0, 0.05) is 31.9 Å². The third-order valence-corrected chi connectivity index (χ3v) is 7.79. The molecule has 0 aliphatic carbocycles. The normalized spacial score (nSPS) is 15.5. The molecule has 0 amide bonds. The van der Waals surface area contributed by atoms with Gasteiger partial charge < -0.3 is 4.90 Å². The molecule has 0 aromatic heterocycles. The molecule has 0 bridgehead atoms. The quantitative estimate of drug-likeness (QED) is 0.522. The predicted octanol–water partition coefficient (Wildman–Crippen LogP) is 3.32. The Hall–Kier alpha value is -1.96. The van der Waals surface area contributed by atoms with Gasteiger partial charge in [0.05, 0.1) is 6.07 Å². The second-order valence-electron chi connectivity index (χ2n) is 6.98. The van der Waals surface area contributed by atoms with E-state index in [1.807, 2.05) is 65.6 Å². The zero-order valence-electron chi connectivity index (χ0n) is 16.3. The Balaban J connectivity index is 1.67. The van der Waals surface area contributed by atoms with Crippen molar-refractivity contribution in [3.63, 3.8) is 0 Å². The molecular formula is C21H23N3O3S3. The van der Waals surface area contributed by atoms with E-state index in [-0.39, 0.29) is 13.1 Å². The number of nitrogens with zero attached hydrogens (tertiary/aromatic N) is 3. The van der Waals surface area contributed by atoms with Crippen molar-refractivity contribution in [3.8, 4) is 6.07 Å². The minimum atomic E-state index is -4.16. The number of thioether (sulfide) groups is 1. The van der Waals surface area contributed by atoms with Gasteiger partial charge in [-0.25, -0.2) is 0 Å². The van der Waals surface area contributed by atoms with Crippen molar-refractivity contribution >= 4 is 38.6 Å². The van der Waals surface area contributed by atoms with Crippen molar-refractivity contribution in [1.82, 2.24) is 9.21 Å². The molecule has 0 unspecified atom stereocenters. The van der Waals surface area contributed by atoms with E-state index >= 15 is 0 Å². The lowest BCUT2D eigenvalue weighted by Gasteiger charge is -2.34. The first-order valence-electron chi connectivity index (χ1n) is 9.53. The maximum Gasteiger partial charge on any atom is 0.336 e. The monoisotopic (exact) mass is 461 g/mol. The third kappa shape index (κ3) is 5.20. The molecule has 6 nitrogen and oxygen atoms in total. The lowest BCUT2D eigenvalue weighted by molar-refractivity contribution is 0.253. The van der Waals surface area contributed by atoms with Crippen LogP contribution in [0.5, 0.6) is 0 Å². The second-order valence-corrected chi connectivity index (χ2v) is 10.1. The number of hydrogen-bond acceptors (Lipinski definition) is 5. The molecule has 0 saturated carbocycles. The Morgan fingerprint density at radius 2 is 1.53 bits per heavy atom. The van der Waals surface area contributed by atoms with Crippen LogP contribution >= 0.6 is 24.0 Å². The molecule has 1 heterocycles. The highest BCUT2D eigenvalue weighted by Gasteiger charge is 2.34. The van der Waals surface area contributed by atoms with Crippen LogP contribution in [0.25, 0.3) is 0 Å². The lowest BCUT2D eigenvalue weighted by atomic mass is 9.74. The van der Waals surface area contributed by atoms with Gasteiger partial charge in [-0.1, -0.05) is 84.6 Å². The van der Waals surface area contributed by atoms with E-state index in [1.54, 1.807) is 0 Å². The summed E-state index contributed by atoms with van der Waals surface area (Å²) in [5.41, 5.74) is 1.13. The molecule has 3 rings (SSSR count). The smallest absolute Gasteiger partial charge is 0.336 e. The summed E-state index contributed by atoms with van der Waals surface area (Å²) >= 11 is 7.04. The van der Waals surface area contributed by atoms with E-state index in [0.29, 0.717) is 29.6 Å². The Bertz CT molecular complexity index is 961. The molecule has 2 aromatic carbocycles. The molecule has 1 fully saturated rings. The van der Waals surface area contributed by atoms with Crippen molar-refractivity contribution in [2.75, 3.05) is 31.9 Å². The van der Waals surface area contributed by atoms with Crippen molar-refractivity contribution in [3.05, 3.63) is 71.8 Å². The fraction of sp³-hybridized carbons (Fsp3) is 0.333. The number of hydrogen-bond donors (Lipinski definition) is 1. The summed E-state index contributed by atoms with van der Waals surface area (Å²) in [6.07, 6.45) is 0.591. The van der Waals surface area contributed by atoms with Crippen LogP contribution in [0.15, 0.2) is 60.7 Å². The molecule has 9 heteroatoms. The van der Waals surface area contributed by atoms with Gasteiger partial charge in [0.25, 0.3) is 0 Å². The van der Waals surface area contributed by atoms with Gasteiger partial charge in [0.2, 0.25) is 0 Å². The standard InChI is InChI=1S/C21H23N3O3S3/c22-17-21(18-7-3-1-4-8-18,19-9-5-2-6-10-19)11-16-29-20(28)23-12-14-24(15-13-23)30(25,26)27/h1-10H,11-16H2,(H,25,26,27). The summed E-state index contributed by atoms with van der Waals surface area (Å²) < 4.78 is 33.4. The van der Waals surface area contributed by atoms with Gasteiger partial charge >= 0.3 is 10.3 Å². The van der Waals surface area contributed by atoms with Crippen molar-refractivity contribution < 1.29 is 13.0 Å². The van der Waals surface area contributed by atoms with Crippen molar-refractivity contribution in [1.29, 1.82) is 5.26 Å². The Morgan fingerprint density at radius 3 is 1.97 bits per heavy atom. The fourth-order valence-corrected chi connectivity index (χ4v) is 5.58. The molecule has 0 atom stereocenters. The highest BCUT2D eigenvalue weighted by atomic mass is 32.2. The fourth-order valence-electron chi connectivity index (χ4n) is 3.57. The highest BCUT2D eigenvalue weighted by molar-refractivity contribution is 8.22. The summed E-state index contributed by atoms with van der Waals surface area (Å²) in [6.45, 7) is 1.28. The van der Waals surface area contributed by atoms with Crippen LogP contribution in [0.4, 0.5) is 0 Å². The van der Waals surface area contributed by atoms with Gasteiger partial charge in [-0.3, -0.25) is 4.55 Å². The summed E-state index contributed by atoms with van der Waals surface area (Å²) in [5, 5.41) is 10.2. The summed E-state index contributed by atoms with van der Waals surface area (Å²) in [5.74, 6) is 0.648. The highest BCUT2D eigenvalue weighted by Crippen LogP contribution is 2.36. The first-order valence-corrected chi connectivity index (χ1v) is 12.3. The number of rotatable bonds is 6. The average molecular weight is 462 g/mol. The van der Waals surface area contributed by atoms with E-state index < -0.39 is 15.7 Å². The van der Waals surface area contributed by atoms with E-state index in [1.165, 1.54) is 11.8 Å². The maximum atomic E-state index is 11.2. The molecular weight excluding hydrogens is 438 g/mol. The van der Waals surface area contributed by atoms with Gasteiger partial charge in [0.1, 0.15) is 9.74 Å². The minimum Gasteiger partial charge on any atom is -0.355 e. The zero-order valence-corrected chi connectivity index (χ0v) is 18.8. The zero-order chi connectivity index (χ0) is 21.6. The largest absolute Gasteiger partial charge is 0.355 e. The number of thiocarbonyl (C=S) groups is 1. The van der Waals surface area contributed by atoms with Crippen LogP contribution in [0.2, 0.25) is 0 Å². The first kappa shape index (κ1) is 22.7. The van der Waals surface area contributed by atoms with Crippen LogP contribution in [-0.2, 0) is 15.7 Å². The van der Waals surface area contributed by atoms with Gasteiger partial charge in [0.15, 0.2) is 0 Å². The van der Waals surface area contributed by atoms with Crippen molar-refractivity contribution in [2.45, 2.75) is 11.8 Å². The van der Waals surface area contributed by atoms with Crippen molar-refractivity contribution in [2.24, 2.45) is 0 Å². The van der Waals surface area contributed by atoms with E-state index in [0.717, 1.165) is 15.4 Å². The minimum absolute atomic E-state index is 0.204. The second kappa shape index (κ2) is 9.90. The summed E-state index contributed by atoms with van der Waals surface area (Å²) in [7, 11) is -4.16. The molecule has 1 saturated heterocycles. The first-order chi connectivity index (χ1) is 14.4. The molecule has 0 spiro atoms. The molecule has 0 radical (unpaired) electrons. The van der Waals surface area contributed by atoms with Crippen LogP contribution in [0.3, 0.4) is 0 Å². The predicted molar refractivity (Wildman–Crippen MR) is 124 cm³/mol. The van der Waals surface area contributed by atoms with Gasteiger partial charge in [-0.15, -0.1) is 0 Å². The molecule has 158 valence electrons. The van der Waals surface area contributed by atoms with Gasteiger partial charge in [-0.05, 0) is 17.5 Å². The SMILES string of the molecule is N#CC(CCSC(=S)N1CCN(S(=O)(=O)O)CC1)(c1ccccc1)c1ccccc1. The summed E-state index contributed by atoms with van der Waals surface area (Å²) in [6, 6.07) is 22.1. The number of benzene rings is 2. The van der Waals surface area contributed by atoms with E-state index in [2.05, 4.69) is 6.07 Å². The topological polar surface area (TPSA) is 84.6 Å².